The fraction of sp³-hybridized carbons (Fsp3) is 0.417. The average molecular weight is 284 g/mol. The number of H-pyrrole nitrogens is 1. The first kappa shape index (κ1) is 13.8. The molecule has 0 aliphatic rings. The van der Waals surface area contributed by atoms with Crippen molar-refractivity contribution in [1.29, 1.82) is 0 Å². The maximum atomic E-state index is 11.7. The van der Waals surface area contributed by atoms with Crippen LogP contribution < -0.4 is 11.1 Å². The molecule has 0 radical (unpaired) electrons. The molecule has 2 aromatic rings. The summed E-state index contributed by atoms with van der Waals surface area (Å²) in [6.45, 7) is 1.65. The van der Waals surface area contributed by atoms with Crippen LogP contribution in [0.15, 0.2) is 27.4 Å². The van der Waals surface area contributed by atoms with Gasteiger partial charge in [0, 0.05) is 12.3 Å². The van der Waals surface area contributed by atoms with E-state index in [-0.39, 0.29) is 6.04 Å². The first-order chi connectivity index (χ1) is 8.82. The van der Waals surface area contributed by atoms with Crippen molar-refractivity contribution in [3.05, 3.63) is 34.3 Å². The third-order valence-electron chi connectivity index (χ3n) is 3.26. The highest BCUT2D eigenvalue weighted by atomic mass is 32.2. The molecule has 0 aliphatic carbocycles. The fourth-order valence-corrected chi connectivity index (χ4v) is 2.86. The highest BCUT2D eigenvalue weighted by Gasteiger charge is 2.26. The zero-order valence-corrected chi connectivity index (χ0v) is 11.7. The number of oxazole rings is 1. The van der Waals surface area contributed by atoms with Crippen LogP contribution in [-0.4, -0.2) is 32.0 Å². The summed E-state index contributed by atoms with van der Waals surface area (Å²) in [5, 5.41) is 2.40. The van der Waals surface area contributed by atoms with Gasteiger partial charge in [-0.25, -0.2) is 13.2 Å². The highest BCUT2D eigenvalue weighted by molar-refractivity contribution is 7.91. The van der Waals surface area contributed by atoms with E-state index < -0.39 is 20.8 Å². The van der Waals surface area contributed by atoms with Gasteiger partial charge in [-0.05, 0) is 31.7 Å². The topological polar surface area (TPSA) is 92.2 Å². The van der Waals surface area contributed by atoms with Crippen LogP contribution in [0.25, 0.3) is 11.1 Å². The van der Waals surface area contributed by atoms with Crippen LogP contribution in [0.1, 0.15) is 18.5 Å². The molecule has 1 aromatic heterocycles. The number of fused-ring (bicyclic) bond motifs is 1. The summed E-state index contributed by atoms with van der Waals surface area (Å²) in [6, 6.07) is 4.79. The molecule has 6 nitrogen and oxygen atoms in total. The molecule has 2 unspecified atom stereocenters. The lowest BCUT2D eigenvalue weighted by atomic mass is 10.0. The Bertz CT molecular complexity index is 744. The lowest BCUT2D eigenvalue weighted by Crippen LogP contribution is -2.32. The van der Waals surface area contributed by atoms with E-state index in [9.17, 15) is 13.2 Å². The molecule has 0 bridgehead atoms. The Hall–Kier alpha value is -1.60. The number of sulfone groups is 1. The molecule has 19 heavy (non-hydrogen) atoms. The highest BCUT2D eigenvalue weighted by Crippen LogP contribution is 2.24. The van der Waals surface area contributed by atoms with E-state index in [1.54, 1.807) is 32.2 Å². The van der Waals surface area contributed by atoms with Gasteiger partial charge in [0.05, 0.1) is 10.8 Å². The first-order valence-electron chi connectivity index (χ1n) is 5.82. The zero-order chi connectivity index (χ0) is 14.2. The molecular weight excluding hydrogens is 268 g/mol. The number of aromatic nitrogens is 1. The summed E-state index contributed by atoms with van der Waals surface area (Å²) < 4.78 is 28.3. The molecule has 104 valence electrons. The minimum Gasteiger partial charge on any atom is -0.408 e. The van der Waals surface area contributed by atoms with Gasteiger partial charge in [0.15, 0.2) is 15.4 Å². The van der Waals surface area contributed by atoms with Crippen molar-refractivity contribution in [2.75, 3.05) is 13.3 Å². The van der Waals surface area contributed by atoms with Crippen molar-refractivity contribution in [3.8, 4) is 0 Å². The van der Waals surface area contributed by atoms with Gasteiger partial charge in [0.2, 0.25) is 0 Å². The van der Waals surface area contributed by atoms with E-state index in [0.29, 0.717) is 11.1 Å². The summed E-state index contributed by atoms with van der Waals surface area (Å²) in [5.41, 5.74) is 1.77. The molecule has 0 saturated heterocycles. The minimum absolute atomic E-state index is 0.361. The summed E-state index contributed by atoms with van der Waals surface area (Å²) >= 11 is 0. The number of aromatic amines is 1. The maximum Gasteiger partial charge on any atom is 0.417 e. The van der Waals surface area contributed by atoms with Crippen molar-refractivity contribution in [2.24, 2.45) is 0 Å². The van der Waals surface area contributed by atoms with Crippen LogP contribution in [0.4, 0.5) is 0 Å². The number of nitrogens with one attached hydrogen (secondary N) is 2. The number of hydrogen-bond donors (Lipinski definition) is 2. The van der Waals surface area contributed by atoms with Gasteiger partial charge < -0.3 is 9.73 Å². The largest absolute Gasteiger partial charge is 0.417 e. The Morgan fingerprint density at radius 1 is 1.37 bits per heavy atom. The monoisotopic (exact) mass is 284 g/mol. The van der Waals surface area contributed by atoms with Crippen molar-refractivity contribution in [1.82, 2.24) is 10.3 Å². The summed E-state index contributed by atoms with van der Waals surface area (Å²) in [5.74, 6) is -0.524. The van der Waals surface area contributed by atoms with Gasteiger partial charge in [-0.1, -0.05) is 6.07 Å². The lowest BCUT2D eigenvalue weighted by Gasteiger charge is -2.22. The molecule has 1 aromatic carbocycles. The van der Waals surface area contributed by atoms with E-state index in [2.05, 4.69) is 10.3 Å². The molecule has 0 saturated carbocycles. The van der Waals surface area contributed by atoms with Crippen LogP contribution in [0.5, 0.6) is 0 Å². The number of rotatable bonds is 4. The normalized spacial score (nSPS) is 15.5. The van der Waals surface area contributed by atoms with E-state index in [4.69, 9.17) is 4.42 Å². The molecule has 0 fully saturated rings. The minimum atomic E-state index is -3.17. The van der Waals surface area contributed by atoms with Gasteiger partial charge in [0.25, 0.3) is 0 Å². The molecule has 1 heterocycles. The molecular formula is C12H16N2O4S. The van der Waals surface area contributed by atoms with Crippen molar-refractivity contribution in [2.45, 2.75) is 18.2 Å². The third-order valence-corrected chi connectivity index (χ3v) is 4.88. The van der Waals surface area contributed by atoms with Crippen molar-refractivity contribution >= 4 is 20.9 Å². The first-order valence-corrected chi connectivity index (χ1v) is 7.77. The predicted molar refractivity (Wildman–Crippen MR) is 72.9 cm³/mol. The fourth-order valence-electron chi connectivity index (χ4n) is 2.08. The summed E-state index contributed by atoms with van der Waals surface area (Å²) in [6.07, 6.45) is 1.21. The second kappa shape index (κ2) is 4.82. The second-order valence-electron chi connectivity index (χ2n) is 4.57. The van der Waals surface area contributed by atoms with E-state index in [1.165, 1.54) is 6.26 Å². The van der Waals surface area contributed by atoms with Gasteiger partial charge in [-0.15, -0.1) is 0 Å². The number of benzene rings is 1. The van der Waals surface area contributed by atoms with E-state index in [1.807, 2.05) is 0 Å². The van der Waals surface area contributed by atoms with Gasteiger partial charge >= 0.3 is 5.76 Å². The Balaban J connectivity index is 2.49. The smallest absolute Gasteiger partial charge is 0.408 e. The zero-order valence-electron chi connectivity index (χ0n) is 10.9. The van der Waals surface area contributed by atoms with Crippen LogP contribution in [-0.2, 0) is 9.84 Å². The third kappa shape index (κ3) is 2.71. The van der Waals surface area contributed by atoms with Crippen LogP contribution in [0.3, 0.4) is 0 Å². The molecule has 0 amide bonds. The quantitative estimate of drug-likeness (QED) is 0.867. The van der Waals surface area contributed by atoms with Crippen LogP contribution in [0.2, 0.25) is 0 Å². The van der Waals surface area contributed by atoms with Crippen LogP contribution >= 0.6 is 0 Å². The average Bonchev–Trinajstić information content (AvgIpc) is 2.68. The van der Waals surface area contributed by atoms with Crippen molar-refractivity contribution < 1.29 is 12.8 Å². The van der Waals surface area contributed by atoms with Gasteiger partial charge in [-0.2, -0.15) is 0 Å². The lowest BCUT2D eigenvalue weighted by molar-refractivity contribution is 0.531. The second-order valence-corrected chi connectivity index (χ2v) is 6.97. The number of hydrogen-bond acceptors (Lipinski definition) is 5. The molecule has 0 spiro atoms. The SMILES string of the molecule is CNC(c1ccc2[nH]c(=O)oc2c1)C(C)S(C)(=O)=O. The van der Waals surface area contributed by atoms with Crippen LogP contribution in [0, 0.1) is 0 Å². The summed E-state index contributed by atoms with van der Waals surface area (Å²) in [4.78, 5) is 13.6. The molecule has 2 N–H and O–H groups in total. The Labute approximate surface area is 110 Å². The van der Waals surface area contributed by atoms with Gasteiger partial charge in [-0.3, -0.25) is 4.98 Å². The Kier molecular flexibility index (Phi) is 3.51. The molecule has 7 heteroatoms. The predicted octanol–water partition coefficient (Wildman–Crippen LogP) is 0.815. The maximum absolute atomic E-state index is 11.7. The molecule has 2 rings (SSSR count). The molecule has 2 atom stereocenters. The Morgan fingerprint density at radius 3 is 2.63 bits per heavy atom. The van der Waals surface area contributed by atoms with E-state index >= 15 is 0 Å². The van der Waals surface area contributed by atoms with E-state index in [0.717, 1.165) is 5.56 Å². The standard InChI is InChI=1S/C12H16N2O4S/c1-7(19(3,16)17)11(13-2)8-4-5-9-10(6-8)18-12(15)14-9/h4-7,11,13H,1-3H3,(H,14,15). The summed E-state index contributed by atoms with van der Waals surface area (Å²) in [7, 11) is -1.47. The van der Waals surface area contributed by atoms with Crippen molar-refractivity contribution in [3.63, 3.8) is 0 Å². The Morgan fingerprint density at radius 2 is 2.05 bits per heavy atom. The van der Waals surface area contributed by atoms with Gasteiger partial charge in [0.1, 0.15) is 0 Å². The molecule has 0 aliphatic heterocycles.